The summed E-state index contributed by atoms with van der Waals surface area (Å²) in [7, 11) is -3.84. The smallest absolute Gasteiger partial charge is 0.193 e. The van der Waals surface area contributed by atoms with E-state index in [1.54, 1.807) is 0 Å². The summed E-state index contributed by atoms with van der Waals surface area (Å²) >= 11 is 0. The lowest BCUT2D eigenvalue weighted by molar-refractivity contribution is -0.209. The number of rotatable bonds is 16. The Balaban J connectivity index is 1.78. The maximum atomic E-state index is 7.30. The lowest BCUT2D eigenvalue weighted by Gasteiger charge is -2.47. The van der Waals surface area contributed by atoms with Gasteiger partial charge in [-0.3, -0.25) is 0 Å². The summed E-state index contributed by atoms with van der Waals surface area (Å²) < 4.78 is 34.3. The molecule has 7 heteroatoms. The molecule has 2 aliphatic rings. The number of fused-ring (bicyclic) bond motifs is 1. The van der Waals surface area contributed by atoms with Gasteiger partial charge < -0.3 is 23.1 Å². The topological polar surface area (TPSA) is 46.2 Å². The Labute approximate surface area is 254 Å². The second-order valence-electron chi connectivity index (χ2n) is 12.8. The summed E-state index contributed by atoms with van der Waals surface area (Å²) in [6.07, 6.45) is 3.51. The fourth-order valence-electron chi connectivity index (χ4n) is 6.92. The Kier molecular flexibility index (Phi) is 13.2. The summed E-state index contributed by atoms with van der Waals surface area (Å²) in [5.74, 6) is 1.16. The lowest BCUT2D eigenvalue weighted by Crippen LogP contribution is -2.55. The molecule has 0 amide bonds. The highest BCUT2D eigenvalue weighted by Crippen LogP contribution is 2.45. The van der Waals surface area contributed by atoms with Crippen molar-refractivity contribution in [2.45, 2.75) is 154 Å². The van der Waals surface area contributed by atoms with E-state index >= 15 is 0 Å². The molecular weight excluding hydrogens is 545 g/mol. The maximum absolute atomic E-state index is 7.30. The molecule has 0 bridgehead atoms. The van der Waals surface area contributed by atoms with E-state index in [1.807, 2.05) is 6.07 Å². The van der Waals surface area contributed by atoms with Crippen LogP contribution in [0.1, 0.15) is 86.6 Å². The van der Waals surface area contributed by atoms with Gasteiger partial charge in [-0.15, -0.1) is 0 Å². The highest BCUT2D eigenvalue weighted by atomic mass is 28.4. The van der Waals surface area contributed by atoms with Crippen molar-refractivity contribution in [1.29, 1.82) is 0 Å². The van der Waals surface area contributed by atoms with Gasteiger partial charge in [-0.25, -0.2) is 0 Å². The van der Waals surface area contributed by atoms with Crippen LogP contribution in [-0.2, 0) is 29.7 Å². The molecule has 1 aromatic rings. The van der Waals surface area contributed by atoms with Crippen LogP contribution in [0.2, 0.25) is 36.3 Å². The van der Waals surface area contributed by atoms with Gasteiger partial charge in [0.25, 0.3) is 0 Å². The van der Waals surface area contributed by atoms with Gasteiger partial charge in [-0.2, -0.15) is 0 Å². The molecule has 1 aromatic carbocycles. The largest absolute Gasteiger partial charge is 0.490 e. The second kappa shape index (κ2) is 15.7. The van der Waals surface area contributed by atoms with Crippen molar-refractivity contribution in [3.8, 4) is 0 Å². The zero-order valence-corrected chi connectivity index (χ0v) is 29.5. The van der Waals surface area contributed by atoms with E-state index < -0.39 is 22.2 Å². The van der Waals surface area contributed by atoms with Gasteiger partial charge >= 0.3 is 0 Å². The molecular formula is C34H60O5Si2. The van der Waals surface area contributed by atoms with Crippen LogP contribution in [-0.4, -0.2) is 53.3 Å². The van der Waals surface area contributed by atoms with Crippen LogP contribution < -0.4 is 0 Å². The number of hydrogen-bond acceptors (Lipinski definition) is 5. The minimum Gasteiger partial charge on any atom is -0.490 e. The van der Waals surface area contributed by atoms with Gasteiger partial charge in [0.2, 0.25) is 0 Å². The monoisotopic (exact) mass is 604 g/mol. The first kappa shape index (κ1) is 34.5. The van der Waals surface area contributed by atoms with Crippen LogP contribution in [0.5, 0.6) is 0 Å². The van der Waals surface area contributed by atoms with Gasteiger partial charge in [0.15, 0.2) is 16.6 Å². The fourth-order valence-corrected chi connectivity index (χ4v) is 12.6. The third-order valence-electron chi connectivity index (χ3n) is 10.4. The van der Waals surface area contributed by atoms with Gasteiger partial charge in [-0.1, -0.05) is 85.4 Å². The zero-order valence-electron chi connectivity index (χ0n) is 27.5. The van der Waals surface area contributed by atoms with Crippen molar-refractivity contribution in [3.63, 3.8) is 0 Å². The molecule has 0 unspecified atom stereocenters. The second-order valence-corrected chi connectivity index (χ2v) is 22.3. The minimum atomic E-state index is -1.93. The van der Waals surface area contributed by atoms with E-state index in [4.69, 9.17) is 23.1 Å². The van der Waals surface area contributed by atoms with Crippen LogP contribution >= 0.6 is 0 Å². The van der Waals surface area contributed by atoms with E-state index in [0.29, 0.717) is 12.5 Å². The molecule has 0 spiro atoms. The third kappa shape index (κ3) is 8.57. The molecule has 0 aliphatic carbocycles. The zero-order chi connectivity index (χ0) is 30.1. The Morgan fingerprint density at radius 2 is 1.49 bits per heavy atom. The first-order valence-corrected chi connectivity index (χ1v) is 21.7. The van der Waals surface area contributed by atoms with Crippen molar-refractivity contribution in [1.82, 2.24) is 0 Å². The lowest BCUT2D eigenvalue weighted by atomic mass is 9.80. The van der Waals surface area contributed by atoms with Crippen molar-refractivity contribution in [3.05, 3.63) is 48.2 Å². The summed E-state index contributed by atoms with van der Waals surface area (Å²) in [6, 6.07) is 17.0. The average molecular weight is 605 g/mol. The molecule has 234 valence electrons. The Morgan fingerprint density at radius 1 is 0.902 bits per heavy atom. The molecule has 41 heavy (non-hydrogen) atoms. The summed E-state index contributed by atoms with van der Waals surface area (Å²) in [6.45, 7) is 24.3. The van der Waals surface area contributed by atoms with Gasteiger partial charge in [0.1, 0.15) is 23.6 Å². The first-order chi connectivity index (χ1) is 19.6. The molecule has 6 atom stereocenters. The molecule has 2 saturated heterocycles. The van der Waals surface area contributed by atoms with E-state index in [0.717, 1.165) is 74.3 Å². The first-order valence-electron chi connectivity index (χ1n) is 16.6. The molecule has 2 heterocycles. The number of benzene rings is 1. The van der Waals surface area contributed by atoms with Crippen LogP contribution in [0.25, 0.3) is 0 Å². The molecule has 0 saturated carbocycles. The van der Waals surface area contributed by atoms with Crippen LogP contribution in [0, 0.1) is 5.92 Å². The molecule has 2 fully saturated rings. The number of hydrogen-bond donors (Lipinski definition) is 0. The highest BCUT2D eigenvalue weighted by molar-refractivity contribution is 6.74. The van der Waals surface area contributed by atoms with E-state index in [1.165, 1.54) is 5.56 Å². The van der Waals surface area contributed by atoms with E-state index in [9.17, 15) is 0 Å². The normalized spacial score (nSPS) is 29.1. The standard InChI is InChI=1S/C34H60O5Si2/c1-10-40(11-2,12-3)38-31-25-34(9)32(36-28(8)33(31)39-41(13-4,14-5)15-6)24-27(7)30(37-34)22-19-23-35-26-29-20-17-16-18-21-29/h16-18,20-21,27,30-33H,8,10-15,19,22-26H2,1-7,9H3/t27-,30-,31-,32-,33+,34+/m0/s1. The van der Waals surface area contributed by atoms with E-state index in [2.05, 4.69) is 86.2 Å². The predicted molar refractivity (Wildman–Crippen MR) is 175 cm³/mol. The SMILES string of the molecule is C=C1O[C@H]2C[C@H](C)[C@H](CCCOCc3ccccc3)O[C@]2(C)C[C@H](O[Si](CC)(CC)CC)[C@@H]1O[Si](CC)(CC)CC. The van der Waals surface area contributed by atoms with Gasteiger partial charge in [0, 0.05) is 13.0 Å². The summed E-state index contributed by atoms with van der Waals surface area (Å²) in [4.78, 5) is 0. The predicted octanol–water partition coefficient (Wildman–Crippen LogP) is 9.25. The number of ether oxygens (including phenoxy) is 3. The van der Waals surface area contributed by atoms with Gasteiger partial charge in [0.05, 0.1) is 18.8 Å². The van der Waals surface area contributed by atoms with Crippen LogP contribution in [0.15, 0.2) is 42.7 Å². The summed E-state index contributed by atoms with van der Waals surface area (Å²) in [5, 5.41) is 0. The van der Waals surface area contributed by atoms with Crippen molar-refractivity contribution in [2.75, 3.05) is 6.61 Å². The fraction of sp³-hybridized carbons (Fsp3) is 0.765. The third-order valence-corrected chi connectivity index (χ3v) is 19.7. The van der Waals surface area contributed by atoms with Crippen molar-refractivity contribution in [2.24, 2.45) is 5.92 Å². The van der Waals surface area contributed by atoms with Crippen molar-refractivity contribution >= 4 is 16.6 Å². The van der Waals surface area contributed by atoms with Crippen LogP contribution in [0.4, 0.5) is 0 Å². The molecule has 0 radical (unpaired) electrons. The molecule has 0 aromatic heterocycles. The van der Waals surface area contributed by atoms with Crippen molar-refractivity contribution < 1.29 is 23.1 Å². The highest BCUT2D eigenvalue weighted by Gasteiger charge is 2.53. The average Bonchev–Trinajstić information content (AvgIpc) is 3.08. The molecule has 3 rings (SSSR count). The van der Waals surface area contributed by atoms with E-state index in [-0.39, 0.29) is 24.4 Å². The quantitative estimate of drug-likeness (QED) is 0.139. The Hall–Kier alpha value is -0.966. The van der Waals surface area contributed by atoms with Crippen LogP contribution in [0.3, 0.4) is 0 Å². The minimum absolute atomic E-state index is 0.0443. The maximum Gasteiger partial charge on any atom is 0.193 e. The molecule has 0 N–H and O–H groups in total. The molecule has 2 aliphatic heterocycles. The molecule has 5 nitrogen and oxygen atoms in total. The van der Waals surface area contributed by atoms with Gasteiger partial charge in [-0.05, 0) is 73.9 Å². The summed E-state index contributed by atoms with van der Waals surface area (Å²) in [5.41, 5.74) is 0.772. The Morgan fingerprint density at radius 3 is 2.07 bits per heavy atom. The Bertz CT molecular complexity index is 902.